The molecule has 10 aliphatic heterocycles. The molecule has 4 N–H and O–H groups in total. The molecule has 4 aromatic carbocycles. The van der Waals surface area contributed by atoms with E-state index in [1.807, 2.05) is 35.3 Å². The van der Waals surface area contributed by atoms with Gasteiger partial charge in [0.2, 0.25) is 6.17 Å². The van der Waals surface area contributed by atoms with Gasteiger partial charge in [-0.3, -0.25) is 0 Å². The van der Waals surface area contributed by atoms with Gasteiger partial charge < -0.3 is 55.1 Å². The van der Waals surface area contributed by atoms with Crippen LogP contribution in [-0.2, 0) is 22.2 Å². The van der Waals surface area contributed by atoms with Gasteiger partial charge in [0.05, 0.1) is 40.7 Å². The van der Waals surface area contributed by atoms with E-state index in [4.69, 9.17) is 20.1 Å². The lowest BCUT2D eigenvalue weighted by Gasteiger charge is -2.31. The van der Waals surface area contributed by atoms with Crippen LogP contribution in [0.2, 0.25) is 0 Å². The normalized spacial score (nSPS) is 27.8. The maximum atomic E-state index is 14.7. The number of hydrazone groups is 1. The Morgan fingerprint density at radius 2 is 0.738 bits per heavy atom. The van der Waals surface area contributed by atoms with Crippen LogP contribution in [0.1, 0.15) is 134 Å². The van der Waals surface area contributed by atoms with Crippen molar-refractivity contribution in [2.45, 2.75) is 140 Å². The molecule has 8 saturated heterocycles. The summed E-state index contributed by atoms with van der Waals surface area (Å²) in [5.74, 6) is 3.58. The number of aliphatic imine (C=N–C) groups is 1. The van der Waals surface area contributed by atoms with E-state index in [9.17, 15) is 54.3 Å². The van der Waals surface area contributed by atoms with E-state index in [0.29, 0.717) is 135 Å². The first-order valence-electron chi connectivity index (χ1n) is 45.4. The van der Waals surface area contributed by atoms with Crippen molar-refractivity contribution in [2.24, 2.45) is 63.4 Å². The lowest BCUT2D eigenvalue weighted by molar-refractivity contribution is -0.556. The van der Waals surface area contributed by atoms with Crippen LogP contribution in [0.4, 0.5) is 88.8 Å². The Morgan fingerprint density at radius 3 is 1.07 bits per heavy atom. The van der Waals surface area contributed by atoms with Crippen LogP contribution in [0.3, 0.4) is 0 Å². The van der Waals surface area contributed by atoms with Gasteiger partial charge >= 0.3 is 30.0 Å². The number of halogens is 8. The highest BCUT2D eigenvalue weighted by molar-refractivity contribution is 6.31. The van der Waals surface area contributed by atoms with Gasteiger partial charge in [-0.15, -0.1) is 4.68 Å². The molecule has 12 fully saturated rings. The summed E-state index contributed by atoms with van der Waals surface area (Å²) in [5.41, 5.74) is 2.54. The zero-order valence-electron chi connectivity index (χ0n) is 72.7. The Morgan fingerprint density at radius 1 is 0.408 bits per heavy atom. The zero-order chi connectivity index (χ0) is 89.7. The topological polar surface area (TPSA) is 261 Å². The minimum Gasteiger partial charge on any atom is -0.346 e. The average Bonchev–Trinajstić information content (AvgIpc) is 1.54. The second-order valence-electron chi connectivity index (χ2n) is 38.1. The molecule has 4 saturated carbocycles. The number of aromatic nitrogens is 9. The van der Waals surface area contributed by atoms with Gasteiger partial charge in [0.25, 0.3) is 0 Å². The number of benzene rings is 4. The maximum Gasteiger partial charge on any atom is 0.409 e. The number of carbonyl (C=O) groups is 4. The molecule has 16 heterocycles. The quantitative estimate of drug-likeness (QED) is 0.0694. The maximum absolute atomic E-state index is 14.7. The first kappa shape index (κ1) is 84.1. The van der Waals surface area contributed by atoms with Crippen LogP contribution in [0.25, 0.3) is 16.9 Å². The molecule has 0 spiro atoms. The van der Waals surface area contributed by atoms with Crippen molar-refractivity contribution in [3.63, 3.8) is 0 Å². The van der Waals surface area contributed by atoms with Crippen LogP contribution in [0.15, 0.2) is 150 Å². The fourth-order valence-corrected chi connectivity index (χ4v) is 22.5. The van der Waals surface area contributed by atoms with Gasteiger partial charge in [-0.05, 0) is 233 Å². The van der Waals surface area contributed by atoms with Crippen molar-refractivity contribution < 1.29 is 59.0 Å². The molecular formula is C94H101F8N24O4+. The predicted octanol–water partition coefficient (Wildman–Crippen LogP) is 15.3. The molecule has 13 atom stereocenters. The van der Waals surface area contributed by atoms with E-state index in [0.717, 1.165) is 160 Å². The first-order chi connectivity index (χ1) is 62.7. The number of nitrogens with one attached hydrogen (secondary N) is 4. The average molecular weight is 1780 g/mol. The van der Waals surface area contributed by atoms with E-state index in [-0.39, 0.29) is 77.2 Å². The molecule has 4 aliphatic carbocycles. The van der Waals surface area contributed by atoms with Crippen molar-refractivity contribution in [3.05, 3.63) is 209 Å². The third-order valence-electron chi connectivity index (χ3n) is 29.8. The van der Waals surface area contributed by atoms with Crippen LogP contribution < -0.4 is 36.0 Å². The Labute approximate surface area is 744 Å². The Kier molecular flexibility index (Phi) is 21.0. The summed E-state index contributed by atoms with van der Waals surface area (Å²) in [6.45, 7) is 19.6. The fraction of sp³-hybridized carbons (Fsp3) is 0.457. The fourth-order valence-electron chi connectivity index (χ4n) is 22.5. The third-order valence-corrected chi connectivity index (χ3v) is 29.8. The van der Waals surface area contributed by atoms with Crippen molar-refractivity contribution in [1.29, 1.82) is 0 Å². The number of carbonyl (C=O) groups excluding carboxylic acids is 4. The van der Waals surface area contributed by atoms with Crippen molar-refractivity contribution in [1.82, 2.24) is 73.6 Å². The number of hydrogen-bond donors (Lipinski definition) is 4. The number of nitrogens with zero attached hydrogens (tertiary/aromatic N) is 20. The number of hydrogen-bond acceptors (Lipinski definition) is 16. The second-order valence-corrected chi connectivity index (χ2v) is 38.1. The molecule has 8 amide bonds. The Balaban J connectivity index is 0.000000105. The van der Waals surface area contributed by atoms with Gasteiger partial charge in [-0.25, -0.2) is 87.8 Å². The summed E-state index contributed by atoms with van der Waals surface area (Å²) in [4.78, 5) is 85.3. The zero-order valence-corrected chi connectivity index (χ0v) is 72.7. The number of amidine groups is 2. The molecular weight excluding hydrogens is 1680 g/mol. The molecule has 10 aromatic rings. The smallest absolute Gasteiger partial charge is 0.346 e. The van der Waals surface area contributed by atoms with Crippen LogP contribution in [0.5, 0.6) is 0 Å². The van der Waals surface area contributed by atoms with Gasteiger partial charge in [0.15, 0.2) is 22.8 Å². The van der Waals surface area contributed by atoms with Crippen molar-refractivity contribution in [3.8, 4) is 0 Å². The van der Waals surface area contributed by atoms with E-state index in [1.165, 1.54) is 48.5 Å². The number of piperidine rings is 4. The second kappa shape index (κ2) is 32.4. The predicted molar refractivity (Wildman–Crippen MR) is 471 cm³/mol. The first-order valence-corrected chi connectivity index (χ1v) is 45.4. The van der Waals surface area contributed by atoms with Gasteiger partial charge in [-0.2, -0.15) is 20.6 Å². The van der Waals surface area contributed by atoms with E-state index < -0.39 is 45.4 Å². The molecule has 14 aliphatic rings. The molecule has 6 aromatic heterocycles. The summed E-state index contributed by atoms with van der Waals surface area (Å²) in [6.07, 6.45) is 26.0. The molecule has 0 radical (unpaired) electrons. The molecule has 36 heteroatoms. The van der Waals surface area contributed by atoms with Gasteiger partial charge in [0.1, 0.15) is 87.3 Å². The summed E-state index contributed by atoms with van der Waals surface area (Å²) in [7, 11) is 0. The highest BCUT2D eigenvalue weighted by Gasteiger charge is 2.68. The molecule has 2 unspecified atom stereocenters. The number of rotatable bonds is 11. The monoisotopic (exact) mass is 1780 g/mol. The number of fused-ring (bicyclic) bond motifs is 8. The molecule has 676 valence electrons. The largest absolute Gasteiger partial charge is 0.409 e. The minimum atomic E-state index is -0.567. The lowest BCUT2D eigenvalue weighted by atomic mass is 9.95. The van der Waals surface area contributed by atoms with E-state index >= 15 is 0 Å². The molecule has 28 nitrogen and oxygen atoms in total. The lowest BCUT2D eigenvalue weighted by Crippen LogP contribution is -2.46. The summed E-state index contributed by atoms with van der Waals surface area (Å²) < 4.78 is 121. The third kappa shape index (κ3) is 14.7. The number of likely N-dealkylation sites (tertiary alicyclic amines) is 5. The van der Waals surface area contributed by atoms with Crippen LogP contribution >= 0.6 is 0 Å². The van der Waals surface area contributed by atoms with Gasteiger partial charge in [0, 0.05) is 119 Å². The molecule has 24 rings (SSSR count). The Bertz CT molecular complexity index is 6170. The van der Waals surface area contributed by atoms with Crippen molar-refractivity contribution >= 4 is 93.5 Å². The van der Waals surface area contributed by atoms with Crippen LogP contribution in [-0.4, -0.2) is 200 Å². The van der Waals surface area contributed by atoms with Gasteiger partial charge in [-0.1, -0.05) is 39.7 Å². The highest BCUT2D eigenvalue weighted by Crippen LogP contribution is 2.67. The molecule has 0 bridgehead atoms. The van der Waals surface area contributed by atoms with Crippen LogP contribution in [0, 0.1) is 99.8 Å². The standard InChI is InChI=1S/C25H28F2N6O.3C23H24F2N6O/c1-15(2)16-5-8-31(14-16)24(34)29-21-13-28-33-10-7-22(30-23(21)33)32-9-6-17-12-25(17,32)19-11-18(26)3-4-20(19)27;2*1-14-4-7-29(13-14)22(32)27-19-12-26-31-9-6-20(28-21(19)31)30-8-5-15-11-23(15,30)17-10-16(24)2-3-18(17)25;1-14-6-8-29(13-14)22(32)27-21-12-26-19-4-5-20(28-31(19)21)30-9-7-15-11-23(15,30)17-10-16(24)2-3-18(17)25/h3-4,7,10-11,13,15-17H,5-6,8-9,12,14H2,1-2H3,(H,29,34);2*2-3,6,9-10,12,14-15H,4-5,7-8,11,13H2,1H3,(H,27,32);2-5,10,12,14-15,19H,6-9,11,13H2,1H3/p+1/t16?,17-,25+;2*14-,15+,23-;14-,15+,19?,23-/m0101/s1. The highest BCUT2D eigenvalue weighted by atomic mass is 19.2. The van der Waals surface area contributed by atoms with E-state index in [1.54, 1.807) is 76.3 Å². The van der Waals surface area contributed by atoms with Crippen molar-refractivity contribution in [2.75, 3.05) is 109 Å². The number of urea groups is 4. The van der Waals surface area contributed by atoms with E-state index in [2.05, 4.69) is 95.8 Å². The minimum absolute atomic E-state index is 0.146. The SMILES string of the molecule is CC(C)C1CCN(C(=O)Nc2cnn3ccc(N4CC[C@H]5C[C@]54c4cc(F)ccc4F)nc23)C1.C[C@@H]1CCN(C(=O)NC2=[N+]3N=C(N4CC[C@H]5C[C@]54c4cc(F)ccc4F)C=CC3N=C2)C1.C[C@@H]1CCN(C(=O)Nc2cnn3ccc(N4CC[C@H]5C[C@]54c4cc(F)ccc4F)nc23)C1.C[C@H]1CCN(C(=O)Nc2cnn3ccc(N4CC[C@@H]5C[C@@]54c4cc(F)ccc4F)nc23)C1. The summed E-state index contributed by atoms with van der Waals surface area (Å²) >= 11 is 0. The summed E-state index contributed by atoms with van der Waals surface area (Å²) in [5, 5.41) is 29.5. The number of anilines is 6. The Hall–Kier alpha value is -12.8. The number of amides is 8. The molecule has 130 heavy (non-hydrogen) atoms. The summed E-state index contributed by atoms with van der Waals surface area (Å²) in [6, 6.07) is 19.6.